The van der Waals surface area contributed by atoms with E-state index >= 15 is 0 Å². The maximum Gasteiger partial charge on any atom is 0.416 e. The van der Waals surface area contributed by atoms with Gasteiger partial charge in [-0.05, 0) is 39.9 Å². The zero-order chi connectivity index (χ0) is 11.6. The summed E-state index contributed by atoms with van der Waals surface area (Å²) in [6, 6.07) is 2.37. The molecule has 0 aromatic heterocycles. The van der Waals surface area contributed by atoms with E-state index in [9.17, 15) is 13.2 Å². The standard InChI is InChI=1S/C9H9BrF3NS/c1-15-4-5-6(9(11,12)13)2-3-7(10)8(5)14/h2-3H,4,14H2,1H3. The van der Waals surface area contributed by atoms with Gasteiger partial charge < -0.3 is 5.73 Å². The van der Waals surface area contributed by atoms with E-state index in [2.05, 4.69) is 15.9 Å². The van der Waals surface area contributed by atoms with Gasteiger partial charge in [0.05, 0.1) is 11.3 Å². The summed E-state index contributed by atoms with van der Waals surface area (Å²) < 4.78 is 38.3. The molecule has 84 valence electrons. The minimum Gasteiger partial charge on any atom is -0.398 e. The molecule has 0 aliphatic heterocycles. The molecular formula is C9H9BrF3NS. The summed E-state index contributed by atoms with van der Waals surface area (Å²) in [5.41, 5.74) is 5.26. The number of hydrogen-bond acceptors (Lipinski definition) is 2. The van der Waals surface area contributed by atoms with Gasteiger partial charge in [-0.3, -0.25) is 0 Å². The summed E-state index contributed by atoms with van der Waals surface area (Å²) in [7, 11) is 0. The van der Waals surface area contributed by atoms with Gasteiger partial charge in [-0.2, -0.15) is 24.9 Å². The number of anilines is 1. The van der Waals surface area contributed by atoms with Crippen LogP contribution in [-0.4, -0.2) is 6.26 Å². The Morgan fingerprint density at radius 3 is 2.47 bits per heavy atom. The fourth-order valence-corrected chi connectivity index (χ4v) is 2.17. The maximum atomic E-state index is 12.6. The Morgan fingerprint density at radius 2 is 2.00 bits per heavy atom. The first-order valence-corrected chi connectivity index (χ1v) is 6.19. The molecule has 0 aliphatic carbocycles. The number of thioether (sulfide) groups is 1. The summed E-state index contributed by atoms with van der Waals surface area (Å²) in [6.07, 6.45) is -2.61. The molecule has 0 heterocycles. The van der Waals surface area contributed by atoms with Crippen LogP contribution in [-0.2, 0) is 11.9 Å². The Balaban J connectivity index is 3.33. The number of benzene rings is 1. The fourth-order valence-electron chi connectivity index (χ4n) is 1.20. The van der Waals surface area contributed by atoms with Crippen LogP contribution in [0.15, 0.2) is 16.6 Å². The molecular weight excluding hydrogens is 291 g/mol. The first-order chi connectivity index (χ1) is 6.88. The summed E-state index contributed by atoms with van der Waals surface area (Å²) in [5, 5.41) is 0. The molecule has 0 fully saturated rings. The van der Waals surface area contributed by atoms with Gasteiger partial charge in [0.15, 0.2) is 0 Å². The summed E-state index contributed by atoms with van der Waals surface area (Å²) in [6.45, 7) is 0. The molecule has 0 aliphatic rings. The maximum absolute atomic E-state index is 12.6. The number of alkyl halides is 3. The van der Waals surface area contributed by atoms with Gasteiger partial charge in [-0.1, -0.05) is 0 Å². The van der Waals surface area contributed by atoms with Crippen molar-refractivity contribution >= 4 is 33.4 Å². The van der Waals surface area contributed by atoms with Crippen LogP contribution in [0.5, 0.6) is 0 Å². The molecule has 1 rings (SSSR count). The highest BCUT2D eigenvalue weighted by molar-refractivity contribution is 9.10. The molecule has 1 aromatic rings. The molecule has 6 heteroatoms. The van der Waals surface area contributed by atoms with Crippen molar-refractivity contribution < 1.29 is 13.2 Å². The van der Waals surface area contributed by atoms with E-state index in [-0.39, 0.29) is 17.0 Å². The lowest BCUT2D eigenvalue weighted by Gasteiger charge is -2.15. The quantitative estimate of drug-likeness (QED) is 0.838. The van der Waals surface area contributed by atoms with Crippen molar-refractivity contribution in [2.75, 3.05) is 12.0 Å². The Kier molecular flexibility index (Phi) is 3.94. The summed E-state index contributed by atoms with van der Waals surface area (Å²) in [4.78, 5) is 0. The van der Waals surface area contributed by atoms with Crippen molar-refractivity contribution in [1.82, 2.24) is 0 Å². The lowest BCUT2D eigenvalue weighted by molar-refractivity contribution is -0.138. The van der Waals surface area contributed by atoms with Gasteiger partial charge in [0, 0.05) is 10.2 Å². The van der Waals surface area contributed by atoms with Crippen LogP contribution in [0, 0.1) is 0 Å². The number of hydrogen-bond donors (Lipinski definition) is 1. The second-order valence-electron chi connectivity index (χ2n) is 2.92. The van der Waals surface area contributed by atoms with E-state index in [1.807, 2.05) is 0 Å². The predicted octanol–water partition coefficient (Wildman–Crippen LogP) is 3.91. The third kappa shape index (κ3) is 2.81. The number of halogens is 4. The Bertz CT molecular complexity index is 365. The van der Waals surface area contributed by atoms with Gasteiger partial charge >= 0.3 is 6.18 Å². The van der Waals surface area contributed by atoms with Gasteiger partial charge in [-0.15, -0.1) is 0 Å². The van der Waals surface area contributed by atoms with Gasteiger partial charge in [-0.25, -0.2) is 0 Å². The van der Waals surface area contributed by atoms with E-state index in [4.69, 9.17) is 5.73 Å². The van der Waals surface area contributed by atoms with Crippen molar-refractivity contribution in [2.24, 2.45) is 0 Å². The van der Waals surface area contributed by atoms with Crippen LogP contribution < -0.4 is 5.73 Å². The Hall–Kier alpha value is -0.360. The SMILES string of the molecule is CSCc1c(C(F)(F)F)ccc(Br)c1N. The third-order valence-corrected chi connectivity index (χ3v) is 3.17. The smallest absolute Gasteiger partial charge is 0.398 e. The van der Waals surface area contributed by atoms with Gasteiger partial charge in [0.25, 0.3) is 0 Å². The highest BCUT2D eigenvalue weighted by Gasteiger charge is 2.34. The van der Waals surface area contributed by atoms with Crippen molar-refractivity contribution in [3.63, 3.8) is 0 Å². The van der Waals surface area contributed by atoms with Crippen molar-refractivity contribution in [3.8, 4) is 0 Å². The topological polar surface area (TPSA) is 26.0 Å². The molecule has 1 aromatic carbocycles. The van der Waals surface area contributed by atoms with Crippen molar-refractivity contribution in [3.05, 3.63) is 27.7 Å². The number of nitrogens with two attached hydrogens (primary N) is 1. The Morgan fingerprint density at radius 1 is 1.40 bits per heavy atom. The lowest BCUT2D eigenvalue weighted by Crippen LogP contribution is -2.11. The minimum atomic E-state index is -4.35. The molecule has 0 spiro atoms. The van der Waals surface area contributed by atoms with Crippen LogP contribution in [0.1, 0.15) is 11.1 Å². The average molecular weight is 300 g/mol. The van der Waals surface area contributed by atoms with Gasteiger partial charge in [0.1, 0.15) is 0 Å². The average Bonchev–Trinajstić information content (AvgIpc) is 2.11. The van der Waals surface area contributed by atoms with Crippen LogP contribution >= 0.6 is 27.7 Å². The zero-order valence-electron chi connectivity index (χ0n) is 7.86. The van der Waals surface area contributed by atoms with E-state index in [1.54, 1.807) is 6.26 Å². The minimum absolute atomic E-state index is 0.143. The van der Waals surface area contributed by atoms with E-state index in [0.29, 0.717) is 4.47 Å². The molecule has 0 saturated carbocycles. The number of rotatable bonds is 2. The molecule has 15 heavy (non-hydrogen) atoms. The largest absolute Gasteiger partial charge is 0.416 e. The predicted molar refractivity (Wildman–Crippen MR) is 60.8 cm³/mol. The highest BCUT2D eigenvalue weighted by atomic mass is 79.9. The molecule has 0 atom stereocenters. The number of nitrogen functional groups attached to an aromatic ring is 1. The summed E-state index contributed by atoms with van der Waals surface area (Å²) in [5.74, 6) is 0.250. The van der Waals surface area contributed by atoms with E-state index < -0.39 is 11.7 Å². The van der Waals surface area contributed by atoms with Crippen LogP contribution in [0.4, 0.5) is 18.9 Å². The lowest BCUT2D eigenvalue weighted by atomic mass is 10.1. The first kappa shape index (κ1) is 12.7. The van der Waals surface area contributed by atoms with Crippen LogP contribution in [0.2, 0.25) is 0 Å². The molecule has 2 N–H and O–H groups in total. The van der Waals surface area contributed by atoms with E-state index in [0.717, 1.165) is 6.07 Å². The van der Waals surface area contributed by atoms with Crippen molar-refractivity contribution in [2.45, 2.75) is 11.9 Å². The molecule has 0 radical (unpaired) electrons. The molecule has 1 nitrogen and oxygen atoms in total. The van der Waals surface area contributed by atoms with Gasteiger partial charge in [0.2, 0.25) is 0 Å². The van der Waals surface area contributed by atoms with E-state index in [1.165, 1.54) is 17.8 Å². The summed E-state index contributed by atoms with van der Waals surface area (Å²) >= 11 is 4.42. The first-order valence-electron chi connectivity index (χ1n) is 4.01. The fraction of sp³-hybridized carbons (Fsp3) is 0.333. The molecule has 0 bridgehead atoms. The zero-order valence-corrected chi connectivity index (χ0v) is 10.3. The van der Waals surface area contributed by atoms with Crippen molar-refractivity contribution in [1.29, 1.82) is 0 Å². The molecule has 0 saturated heterocycles. The Labute approximate surface area is 98.4 Å². The molecule has 0 unspecified atom stereocenters. The normalized spacial score (nSPS) is 11.8. The highest BCUT2D eigenvalue weighted by Crippen LogP contribution is 2.38. The molecule has 0 amide bonds. The second-order valence-corrected chi connectivity index (χ2v) is 4.64. The second kappa shape index (κ2) is 4.65. The van der Waals surface area contributed by atoms with Crippen LogP contribution in [0.3, 0.4) is 0 Å². The van der Waals surface area contributed by atoms with Crippen LogP contribution in [0.25, 0.3) is 0 Å². The monoisotopic (exact) mass is 299 g/mol. The third-order valence-electron chi connectivity index (χ3n) is 1.90.